The van der Waals surface area contributed by atoms with Crippen LogP contribution in [-0.4, -0.2) is 24.8 Å². The van der Waals surface area contributed by atoms with Gasteiger partial charge in [-0.05, 0) is 29.7 Å². The summed E-state index contributed by atoms with van der Waals surface area (Å²) in [6.45, 7) is 1.09. The summed E-state index contributed by atoms with van der Waals surface area (Å²) < 4.78 is 0. The van der Waals surface area contributed by atoms with Gasteiger partial charge in [-0.3, -0.25) is 5.43 Å². The molecule has 0 fully saturated rings. The van der Waals surface area contributed by atoms with Crippen molar-refractivity contribution in [1.82, 2.24) is 4.98 Å². The van der Waals surface area contributed by atoms with E-state index >= 15 is 0 Å². The summed E-state index contributed by atoms with van der Waals surface area (Å²) in [4.78, 5) is 6.35. The van der Waals surface area contributed by atoms with Crippen LogP contribution in [-0.2, 0) is 6.42 Å². The van der Waals surface area contributed by atoms with Crippen LogP contribution in [0, 0.1) is 0 Å². The van der Waals surface area contributed by atoms with Gasteiger partial charge in [0.25, 0.3) is 0 Å². The van der Waals surface area contributed by atoms with Crippen LogP contribution in [0.4, 0.5) is 16.6 Å². The molecule has 3 N–H and O–H groups in total. The molecular weight excluding hydrogens is 258 g/mol. The highest BCUT2D eigenvalue weighted by molar-refractivity contribution is 7.14. The van der Waals surface area contributed by atoms with Crippen LogP contribution < -0.4 is 16.1 Å². The first-order chi connectivity index (χ1) is 9.22. The molecule has 5 nitrogen and oxygen atoms in total. The van der Waals surface area contributed by atoms with Gasteiger partial charge in [0.2, 0.25) is 5.13 Å². The maximum Gasteiger partial charge on any atom is 0.205 e. The second kappa shape index (κ2) is 4.89. The van der Waals surface area contributed by atoms with Crippen molar-refractivity contribution in [1.29, 1.82) is 0 Å². The third-order valence-electron chi connectivity index (χ3n) is 3.13. The SMILES string of the molecule is CN1CCc2cc(C=NNc3nc(N)cs3)ccc21. The molecule has 0 unspecified atom stereocenters. The summed E-state index contributed by atoms with van der Waals surface area (Å²) in [5.74, 6) is 0.517. The van der Waals surface area contributed by atoms with Crippen molar-refractivity contribution < 1.29 is 0 Å². The Labute approximate surface area is 115 Å². The van der Waals surface area contributed by atoms with E-state index in [-0.39, 0.29) is 0 Å². The van der Waals surface area contributed by atoms with E-state index in [2.05, 4.69) is 45.7 Å². The average Bonchev–Trinajstić information content (AvgIpc) is 2.97. The highest BCUT2D eigenvalue weighted by Gasteiger charge is 2.14. The van der Waals surface area contributed by atoms with Crippen LogP contribution in [0.25, 0.3) is 0 Å². The predicted molar refractivity (Wildman–Crippen MR) is 81.2 cm³/mol. The molecule has 98 valence electrons. The van der Waals surface area contributed by atoms with E-state index in [9.17, 15) is 0 Å². The number of nitrogens with one attached hydrogen (secondary N) is 1. The van der Waals surface area contributed by atoms with Gasteiger partial charge in [-0.1, -0.05) is 6.07 Å². The molecule has 0 saturated heterocycles. The lowest BCUT2D eigenvalue weighted by molar-refractivity contribution is 0.956. The van der Waals surface area contributed by atoms with Gasteiger partial charge in [-0.15, -0.1) is 11.3 Å². The lowest BCUT2D eigenvalue weighted by atomic mass is 10.1. The van der Waals surface area contributed by atoms with Crippen LogP contribution >= 0.6 is 11.3 Å². The molecule has 3 rings (SSSR count). The number of likely N-dealkylation sites (N-methyl/N-ethyl adjacent to an activating group) is 1. The summed E-state index contributed by atoms with van der Waals surface area (Å²) >= 11 is 1.44. The number of benzene rings is 1. The second-order valence-corrected chi connectivity index (χ2v) is 5.37. The molecule has 1 aromatic carbocycles. The van der Waals surface area contributed by atoms with E-state index in [4.69, 9.17) is 5.73 Å². The number of anilines is 3. The van der Waals surface area contributed by atoms with Crippen LogP contribution in [0.1, 0.15) is 11.1 Å². The first-order valence-electron chi connectivity index (χ1n) is 6.06. The van der Waals surface area contributed by atoms with Gasteiger partial charge in [0.1, 0.15) is 5.82 Å². The number of hydrogen-bond acceptors (Lipinski definition) is 6. The highest BCUT2D eigenvalue weighted by Crippen LogP contribution is 2.26. The number of hydrogen-bond donors (Lipinski definition) is 2. The maximum absolute atomic E-state index is 5.54. The Kier molecular flexibility index (Phi) is 3.08. The van der Waals surface area contributed by atoms with Crippen LogP contribution in [0.3, 0.4) is 0 Å². The Balaban J connectivity index is 1.70. The number of nitrogen functional groups attached to an aromatic ring is 1. The van der Waals surface area contributed by atoms with Crippen molar-refractivity contribution in [3.8, 4) is 0 Å². The Morgan fingerprint density at radius 1 is 1.53 bits per heavy atom. The average molecular weight is 273 g/mol. The van der Waals surface area contributed by atoms with Crippen molar-refractivity contribution >= 4 is 34.2 Å². The zero-order chi connectivity index (χ0) is 13.2. The number of hydrazone groups is 1. The zero-order valence-corrected chi connectivity index (χ0v) is 11.4. The Hall–Kier alpha value is -2.08. The second-order valence-electron chi connectivity index (χ2n) is 4.51. The van der Waals surface area contributed by atoms with Crippen molar-refractivity contribution in [3.63, 3.8) is 0 Å². The predicted octanol–water partition coefficient (Wildman–Crippen LogP) is 2.16. The van der Waals surface area contributed by atoms with Crippen LogP contribution in [0.5, 0.6) is 0 Å². The summed E-state index contributed by atoms with van der Waals surface area (Å²) in [5, 5.41) is 6.66. The first kappa shape index (κ1) is 12.0. The van der Waals surface area contributed by atoms with Gasteiger partial charge in [0, 0.05) is 24.7 Å². The fourth-order valence-corrected chi connectivity index (χ4v) is 2.72. The summed E-state index contributed by atoms with van der Waals surface area (Å²) in [7, 11) is 2.12. The van der Waals surface area contributed by atoms with Gasteiger partial charge < -0.3 is 10.6 Å². The maximum atomic E-state index is 5.54. The van der Waals surface area contributed by atoms with Gasteiger partial charge >= 0.3 is 0 Å². The fraction of sp³-hybridized carbons (Fsp3) is 0.231. The van der Waals surface area contributed by atoms with Gasteiger partial charge in [-0.2, -0.15) is 5.10 Å². The largest absolute Gasteiger partial charge is 0.383 e. The van der Waals surface area contributed by atoms with Crippen molar-refractivity contribution in [2.24, 2.45) is 5.10 Å². The van der Waals surface area contributed by atoms with E-state index in [1.807, 2.05) is 0 Å². The molecular formula is C13H15N5S. The van der Waals surface area contributed by atoms with E-state index < -0.39 is 0 Å². The first-order valence-corrected chi connectivity index (χ1v) is 6.94. The van der Waals surface area contributed by atoms with E-state index in [1.165, 1.54) is 22.6 Å². The zero-order valence-electron chi connectivity index (χ0n) is 10.6. The molecule has 0 amide bonds. The van der Waals surface area contributed by atoms with Crippen LogP contribution in [0.15, 0.2) is 28.7 Å². The van der Waals surface area contributed by atoms with E-state index in [0.29, 0.717) is 10.9 Å². The number of thiazole rings is 1. The molecule has 1 aromatic heterocycles. The molecule has 6 heteroatoms. The molecule has 0 radical (unpaired) electrons. The standard InChI is InChI=1S/C13H15N5S/c1-18-5-4-10-6-9(2-3-11(10)18)7-15-17-13-16-12(14)8-19-13/h2-3,6-8H,4-5,14H2,1H3,(H,16,17). The van der Waals surface area contributed by atoms with E-state index in [0.717, 1.165) is 18.5 Å². The van der Waals surface area contributed by atoms with Crippen LogP contribution in [0.2, 0.25) is 0 Å². The molecule has 19 heavy (non-hydrogen) atoms. The molecule has 0 saturated carbocycles. The van der Waals surface area contributed by atoms with Gasteiger partial charge in [0.15, 0.2) is 0 Å². The number of aromatic nitrogens is 1. The molecule has 2 heterocycles. The molecule has 0 atom stereocenters. The third kappa shape index (κ3) is 2.53. The summed E-state index contributed by atoms with van der Waals surface area (Å²) in [6.07, 6.45) is 2.90. The lowest BCUT2D eigenvalue weighted by Crippen LogP contribution is -2.12. The van der Waals surface area contributed by atoms with Crippen molar-refractivity contribution in [2.75, 3.05) is 29.7 Å². The van der Waals surface area contributed by atoms with E-state index in [1.54, 1.807) is 11.6 Å². The molecule has 0 spiro atoms. The Morgan fingerprint density at radius 3 is 3.21 bits per heavy atom. The number of fused-ring (bicyclic) bond motifs is 1. The fourth-order valence-electron chi connectivity index (χ4n) is 2.17. The summed E-state index contributed by atoms with van der Waals surface area (Å²) in [5.41, 5.74) is 12.2. The monoisotopic (exact) mass is 273 g/mol. The van der Waals surface area contributed by atoms with Crippen molar-refractivity contribution in [2.45, 2.75) is 6.42 Å². The Morgan fingerprint density at radius 2 is 2.42 bits per heavy atom. The van der Waals surface area contributed by atoms with Crippen molar-refractivity contribution in [3.05, 3.63) is 34.7 Å². The third-order valence-corrected chi connectivity index (χ3v) is 3.89. The minimum atomic E-state index is 0.517. The summed E-state index contributed by atoms with van der Waals surface area (Å²) in [6, 6.07) is 6.40. The number of nitrogens with zero attached hydrogens (tertiary/aromatic N) is 3. The molecule has 1 aliphatic rings. The lowest BCUT2D eigenvalue weighted by Gasteiger charge is -2.11. The Bertz CT molecular complexity index is 619. The number of rotatable bonds is 3. The molecule has 0 aliphatic carbocycles. The molecule has 0 bridgehead atoms. The minimum Gasteiger partial charge on any atom is -0.383 e. The molecule has 1 aliphatic heterocycles. The number of nitrogens with two attached hydrogens (primary N) is 1. The van der Waals surface area contributed by atoms with Gasteiger partial charge in [0.05, 0.1) is 6.21 Å². The normalized spacial score (nSPS) is 14.1. The highest BCUT2D eigenvalue weighted by atomic mass is 32.1. The quantitative estimate of drug-likeness (QED) is 0.664. The topological polar surface area (TPSA) is 66.5 Å². The smallest absolute Gasteiger partial charge is 0.205 e. The molecule has 2 aromatic rings. The van der Waals surface area contributed by atoms with Gasteiger partial charge in [-0.25, -0.2) is 4.98 Å². The minimum absolute atomic E-state index is 0.517.